The molecule has 0 aliphatic heterocycles. The van der Waals surface area contributed by atoms with Gasteiger partial charge in [-0.1, -0.05) is 57.5 Å². The average Bonchev–Trinajstić information content (AvgIpc) is 2.58. The quantitative estimate of drug-likeness (QED) is 0.363. The molecule has 0 aromatic heterocycles. The minimum atomic E-state index is -0.783. The number of thioether (sulfide) groups is 1. The van der Waals surface area contributed by atoms with Crippen molar-refractivity contribution in [3.05, 3.63) is 35.9 Å². The number of carboxylic acids is 1. The number of carbonyl (C=O) groups excluding carboxylic acids is 1. The zero-order chi connectivity index (χ0) is 21.4. The summed E-state index contributed by atoms with van der Waals surface area (Å²) in [6.45, 7) is 7.58. The van der Waals surface area contributed by atoms with E-state index in [9.17, 15) is 9.59 Å². The van der Waals surface area contributed by atoms with Crippen LogP contribution in [-0.2, 0) is 9.53 Å². The molecule has 0 radical (unpaired) electrons. The molecule has 0 fully saturated rings. The summed E-state index contributed by atoms with van der Waals surface area (Å²) in [7, 11) is 3.11. The van der Waals surface area contributed by atoms with Crippen molar-refractivity contribution >= 4 is 45.4 Å². The minimum absolute atomic E-state index is 0.0367. The first kappa shape index (κ1) is 27.0. The molecule has 1 unspecified atom stereocenters. The van der Waals surface area contributed by atoms with Crippen LogP contribution < -0.4 is 5.32 Å². The number of carbonyl (C=O) groups is 2. The summed E-state index contributed by atoms with van der Waals surface area (Å²) in [5, 5.41) is 11.4. The SMILES string of the molecule is CSCCC(CSSCCC(=O)O)NC(=O)OC(C)(C)C.Cc1ccccc1. The summed E-state index contributed by atoms with van der Waals surface area (Å²) in [5.74, 6) is 1.49. The summed E-state index contributed by atoms with van der Waals surface area (Å²) in [5.41, 5.74) is 0.819. The zero-order valence-corrected chi connectivity index (χ0v) is 19.8. The van der Waals surface area contributed by atoms with Crippen LogP contribution in [0.2, 0.25) is 0 Å². The molecule has 0 spiro atoms. The van der Waals surface area contributed by atoms with Crippen molar-refractivity contribution in [2.45, 2.75) is 52.2 Å². The van der Waals surface area contributed by atoms with Gasteiger partial charge in [0.05, 0.1) is 6.42 Å². The van der Waals surface area contributed by atoms with Gasteiger partial charge in [0.15, 0.2) is 0 Å². The van der Waals surface area contributed by atoms with Crippen molar-refractivity contribution in [1.82, 2.24) is 5.32 Å². The van der Waals surface area contributed by atoms with E-state index in [1.54, 1.807) is 22.6 Å². The fourth-order valence-electron chi connectivity index (χ4n) is 1.78. The van der Waals surface area contributed by atoms with Crippen molar-refractivity contribution in [3.63, 3.8) is 0 Å². The highest BCUT2D eigenvalue weighted by atomic mass is 33.1. The molecular weight excluding hydrogens is 414 g/mol. The number of benzene rings is 1. The third kappa shape index (κ3) is 18.4. The second kappa shape index (κ2) is 15.9. The molecule has 0 aliphatic carbocycles. The number of nitrogens with one attached hydrogen (secondary N) is 1. The van der Waals surface area contributed by atoms with E-state index in [0.717, 1.165) is 17.9 Å². The Morgan fingerprint density at radius 1 is 1.14 bits per heavy atom. The molecule has 160 valence electrons. The number of hydrogen-bond donors (Lipinski definition) is 2. The van der Waals surface area contributed by atoms with Crippen molar-refractivity contribution in [1.29, 1.82) is 0 Å². The molecule has 1 atom stereocenters. The van der Waals surface area contributed by atoms with E-state index in [-0.39, 0.29) is 12.5 Å². The largest absolute Gasteiger partial charge is 0.481 e. The maximum atomic E-state index is 11.8. The Morgan fingerprint density at radius 3 is 2.25 bits per heavy atom. The number of ether oxygens (including phenoxy) is 1. The molecule has 0 saturated heterocycles. The standard InChI is InChI=1S/C13H25NO4S3.C7H8/c1-13(2,3)18-12(17)14-10(5-7-19-4)9-21-20-8-6-11(15)16;1-7-5-3-2-4-6-7/h10H,5-9H2,1-4H3,(H,14,17)(H,15,16);2-6H,1H3. The van der Waals surface area contributed by atoms with E-state index >= 15 is 0 Å². The summed E-state index contributed by atoms with van der Waals surface area (Å²) in [4.78, 5) is 22.2. The molecule has 0 heterocycles. The normalized spacial score (nSPS) is 11.8. The van der Waals surface area contributed by atoms with Gasteiger partial charge in [-0.25, -0.2) is 4.79 Å². The monoisotopic (exact) mass is 447 g/mol. The molecule has 0 saturated carbocycles. The van der Waals surface area contributed by atoms with Gasteiger partial charge in [0.2, 0.25) is 0 Å². The first-order valence-corrected chi connectivity index (χ1v) is 13.0. The number of carboxylic acid groups (broad SMARTS) is 1. The van der Waals surface area contributed by atoms with Crippen LogP contribution in [0.5, 0.6) is 0 Å². The molecule has 1 rings (SSSR count). The predicted octanol–water partition coefficient (Wildman–Crippen LogP) is 5.48. The number of rotatable bonds is 10. The fraction of sp³-hybridized carbons (Fsp3) is 0.600. The summed E-state index contributed by atoms with van der Waals surface area (Å²) in [6.07, 6.45) is 2.66. The van der Waals surface area contributed by atoms with Crippen molar-refractivity contribution in [2.24, 2.45) is 0 Å². The van der Waals surface area contributed by atoms with Gasteiger partial charge in [-0.15, -0.1) is 0 Å². The van der Waals surface area contributed by atoms with Crippen LogP contribution in [0, 0.1) is 6.92 Å². The van der Waals surface area contributed by atoms with Crippen LogP contribution in [0.4, 0.5) is 4.79 Å². The molecule has 8 heteroatoms. The highest BCUT2D eigenvalue weighted by Gasteiger charge is 2.19. The van der Waals surface area contributed by atoms with E-state index in [0.29, 0.717) is 5.75 Å². The predicted molar refractivity (Wildman–Crippen MR) is 125 cm³/mol. The Hall–Kier alpha value is -0.990. The second-order valence-corrected chi connectivity index (χ2v) is 10.6. The van der Waals surface area contributed by atoms with Gasteiger partial charge >= 0.3 is 12.1 Å². The Balaban J connectivity index is 0.000000861. The lowest BCUT2D eigenvalue weighted by molar-refractivity contribution is -0.136. The first-order chi connectivity index (χ1) is 13.1. The van der Waals surface area contributed by atoms with Crippen molar-refractivity contribution < 1.29 is 19.4 Å². The molecule has 2 N–H and O–H groups in total. The average molecular weight is 448 g/mol. The molecule has 0 bridgehead atoms. The summed E-state index contributed by atoms with van der Waals surface area (Å²) in [6, 6.07) is 10.3. The number of aryl methyl sites for hydroxylation is 1. The number of hydrogen-bond acceptors (Lipinski definition) is 6. The van der Waals surface area contributed by atoms with E-state index < -0.39 is 17.7 Å². The number of aliphatic carboxylic acids is 1. The third-order valence-electron chi connectivity index (χ3n) is 3.08. The van der Waals surface area contributed by atoms with Gasteiger partial charge in [0.25, 0.3) is 0 Å². The maximum Gasteiger partial charge on any atom is 0.407 e. The highest BCUT2D eigenvalue weighted by Crippen LogP contribution is 2.24. The molecule has 28 heavy (non-hydrogen) atoms. The van der Waals surface area contributed by atoms with Crippen LogP contribution in [0.15, 0.2) is 30.3 Å². The highest BCUT2D eigenvalue weighted by molar-refractivity contribution is 8.76. The van der Waals surface area contributed by atoms with Crippen LogP contribution in [-0.4, -0.2) is 52.3 Å². The fourth-order valence-corrected chi connectivity index (χ4v) is 4.58. The van der Waals surface area contributed by atoms with Gasteiger partial charge < -0.3 is 15.2 Å². The van der Waals surface area contributed by atoms with Crippen LogP contribution in [0.25, 0.3) is 0 Å². The zero-order valence-electron chi connectivity index (χ0n) is 17.4. The van der Waals surface area contributed by atoms with Gasteiger partial charge in [0.1, 0.15) is 5.60 Å². The third-order valence-corrected chi connectivity index (χ3v) is 6.21. The first-order valence-electron chi connectivity index (χ1n) is 9.10. The molecule has 1 aromatic rings. The molecule has 1 amide bonds. The van der Waals surface area contributed by atoms with Crippen molar-refractivity contribution in [2.75, 3.05) is 23.5 Å². The van der Waals surface area contributed by atoms with Crippen LogP contribution >= 0.6 is 33.3 Å². The Labute approximate surface area is 181 Å². The lowest BCUT2D eigenvalue weighted by atomic mass is 10.2. The maximum absolute atomic E-state index is 11.8. The van der Waals surface area contributed by atoms with Gasteiger partial charge in [0, 0.05) is 17.5 Å². The lowest BCUT2D eigenvalue weighted by Crippen LogP contribution is -2.40. The van der Waals surface area contributed by atoms with Gasteiger partial charge in [-0.2, -0.15) is 11.8 Å². The minimum Gasteiger partial charge on any atom is -0.481 e. The van der Waals surface area contributed by atoms with E-state index in [4.69, 9.17) is 9.84 Å². The Morgan fingerprint density at radius 2 is 1.79 bits per heavy atom. The molecular formula is C20H33NO4S3. The van der Waals surface area contributed by atoms with Crippen LogP contribution in [0.3, 0.4) is 0 Å². The Bertz CT molecular complexity index is 550. The number of amides is 1. The summed E-state index contributed by atoms with van der Waals surface area (Å²) >= 11 is 1.73. The lowest BCUT2D eigenvalue weighted by Gasteiger charge is -2.23. The smallest absolute Gasteiger partial charge is 0.407 e. The van der Waals surface area contributed by atoms with E-state index in [1.165, 1.54) is 16.4 Å². The Kier molecular flexibility index (Phi) is 15.3. The second-order valence-electron chi connectivity index (χ2n) is 7.03. The molecule has 0 aliphatic rings. The summed E-state index contributed by atoms with van der Waals surface area (Å²) < 4.78 is 5.26. The van der Waals surface area contributed by atoms with Gasteiger partial charge in [-0.05, 0) is 46.1 Å². The number of alkyl carbamates (subject to hydrolysis) is 1. The van der Waals surface area contributed by atoms with Crippen molar-refractivity contribution in [3.8, 4) is 0 Å². The van der Waals surface area contributed by atoms with Gasteiger partial charge in [-0.3, -0.25) is 4.79 Å². The molecule has 1 aromatic carbocycles. The topological polar surface area (TPSA) is 75.6 Å². The molecule has 5 nitrogen and oxygen atoms in total. The van der Waals surface area contributed by atoms with E-state index in [1.807, 2.05) is 45.2 Å². The van der Waals surface area contributed by atoms with E-state index in [2.05, 4.69) is 24.4 Å². The van der Waals surface area contributed by atoms with Crippen LogP contribution in [0.1, 0.15) is 39.2 Å².